The van der Waals surface area contributed by atoms with E-state index in [-0.39, 0.29) is 0 Å². The van der Waals surface area contributed by atoms with E-state index in [1.165, 1.54) is 38.9 Å². The van der Waals surface area contributed by atoms with Crippen LogP contribution in [-0.2, 0) is 4.74 Å². The van der Waals surface area contributed by atoms with Crippen molar-refractivity contribution in [3.63, 3.8) is 0 Å². The van der Waals surface area contributed by atoms with Crippen molar-refractivity contribution in [3.8, 4) is 0 Å². The fraction of sp³-hybridized carbons (Fsp3) is 1.00. The van der Waals surface area contributed by atoms with Gasteiger partial charge in [-0.05, 0) is 50.7 Å². The molecule has 0 aromatic rings. The summed E-state index contributed by atoms with van der Waals surface area (Å²) in [6.45, 7) is 10.3. The summed E-state index contributed by atoms with van der Waals surface area (Å²) in [6.07, 6.45) is 4.15. The van der Waals surface area contributed by atoms with Gasteiger partial charge >= 0.3 is 0 Å². The van der Waals surface area contributed by atoms with Crippen LogP contribution in [0.1, 0.15) is 26.2 Å². The molecule has 0 bridgehead atoms. The van der Waals surface area contributed by atoms with Gasteiger partial charge in [0.2, 0.25) is 0 Å². The van der Waals surface area contributed by atoms with E-state index in [1.54, 1.807) is 0 Å². The van der Waals surface area contributed by atoms with Gasteiger partial charge in [-0.3, -0.25) is 4.90 Å². The minimum atomic E-state index is 0.871. The van der Waals surface area contributed by atoms with E-state index < -0.39 is 0 Å². The minimum Gasteiger partial charge on any atom is -0.379 e. The quantitative estimate of drug-likeness (QED) is 0.783. The van der Waals surface area contributed by atoms with Crippen LogP contribution in [0.25, 0.3) is 0 Å². The Morgan fingerprint density at radius 3 is 2.88 bits per heavy atom. The maximum atomic E-state index is 5.37. The van der Waals surface area contributed by atoms with Gasteiger partial charge in [-0.25, -0.2) is 0 Å². The lowest BCUT2D eigenvalue weighted by Gasteiger charge is -2.31. The average molecular weight is 226 g/mol. The average Bonchev–Trinajstić information content (AvgIpc) is 2.38. The van der Waals surface area contributed by atoms with Crippen molar-refractivity contribution in [2.75, 3.05) is 45.9 Å². The van der Waals surface area contributed by atoms with Gasteiger partial charge in [0.25, 0.3) is 0 Å². The van der Waals surface area contributed by atoms with Crippen molar-refractivity contribution in [2.24, 2.45) is 11.8 Å². The number of nitrogens with one attached hydrogen (secondary N) is 1. The van der Waals surface area contributed by atoms with Crippen LogP contribution in [0, 0.1) is 11.8 Å². The second-order valence-electron chi connectivity index (χ2n) is 5.33. The number of piperidine rings is 1. The summed E-state index contributed by atoms with van der Waals surface area (Å²) in [5.74, 6) is 1.78. The molecule has 0 spiro atoms. The van der Waals surface area contributed by atoms with Crippen LogP contribution in [-0.4, -0.2) is 50.8 Å². The van der Waals surface area contributed by atoms with Gasteiger partial charge in [0, 0.05) is 13.1 Å². The molecule has 0 saturated carbocycles. The molecule has 0 aromatic heterocycles. The normalized spacial score (nSPS) is 30.2. The van der Waals surface area contributed by atoms with Gasteiger partial charge < -0.3 is 10.1 Å². The Labute approximate surface area is 99.5 Å². The van der Waals surface area contributed by atoms with E-state index in [4.69, 9.17) is 4.74 Å². The van der Waals surface area contributed by atoms with Gasteiger partial charge in [0.1, 0.15) is 0 Å². The van der Waals surface area contributed by atoms with Crippen molar-refractivity contribution in [2.45, 2.75) is 26.2 Å². The Morgan fingerprint density at radius 1 is 1.38 bits per heavy atom. The number of nitrogens with zero attached hydrogens (tertiary/aromatic N) is 1. The van der Waals surface area contributed by atoms with Crippen molar-refractivity contribution < 1.29 is 4.74 Å². The maximum Gasteiger partial charge on any atom is 0.0594 e. The van der Waals surface area contributed by atoms with Crippen molar-refractivity contribution in [1.82, 2.24) is 10.2 Å². The van der Waals surface area contributed by atoms with Gasteiger partial charge in [0.05, 0.1) is 13.2 Å². The van der Waals surface area contributed by atoms with Crippen LogP contribution < -0.4 is 5.32 Å². The van der Waals surface area contributed by atoms with Gasteiger partial charge in [-0.1, -0.05) is 6.92 Å². The van der Waals surface area contributed by atoms with Crippen molar-refractivity contribution >= 4 is 0 Å². The largest absolute Gasteiger partial charge is 0.379 e. The molecule has 2 rings (SSSR count). The predicted octanol–water partition coefficient (Wildman–Crippen LogP) is 1.34. The first-order valence-corrected chi connectivity index (χ1v) is 6.87. The van der Waals surface area contributed by atoms with Crippen molar-refractivity contribution in [3.05, 3.63) is 0 Å². The highest BCUT2D eigenvalue weighted by atomic mass is 16.5. The second-order valence-corrected chi connectivity index (χ2v) is 5.33. The van der Waals surface area contributed by atoms with Gasteiger partial charge in [0.15, 0.2) is 0 Å². The summed E-state index contributed by atoms with van der Waals surface area (Å²) in [7, 11) is 0. The highest BCUT2D eigenvalue weighted by Crippen LogP contribution is 2.22. The number of hydrogen-bond acceptors (Lipinski definition) is 3. The standard InChI is InChI=1S/C13H26N2O/c1-12(13-3-2-5-14-11-13)4-6-15-7-9-16-10-8-15/h12-14H,2-11H2,1H3. The first-order valence-electron chi connectivity index (χ1n) is 6.87. The highest BCUT2D eigenvalue weighted by Gasteiger charge is 2.20. The maximum absolute atomic E-state index is 5.37. The van der Waals surface area contributed by atoms with Crippen LogP contribution in [0.2, 0.25) is 0 Å². The van der Waals surface area contributed by atoms with Crippen molar-refractivity contribution in [1.29, 1.82) is 0 Å². The molecule has 16 heavy (non-hydrogen) atoms. The number of rotatable bonds is 4. The van der Waals surface area contributed by atoms with Gasteiger partial charge in [-0.2, -0.15) is 0 Å². The fourth-order valence-electron chi connectivity index (χ4n) is 2.81. The highest BCUT2D eigenvalue weighted by molar-refractivity contribution is 4.75. The lowest BCUT2D eigenvalue weighted by Crippen LogP contribution is -2.39. The fourth-order valence-corrected chi connectivity index (χ4v) is 2.81. The molecule has 2 fully saturated rings. The summed E-state index contributed by atoms with van der Waals surface area (Å²) in [5.41, 5.74) is 0. The van der Waals surface area contributed by atoms with Crippen LogP contribution in [0.15, 0.2) is 0 Å². The smallest absolute Gasteiger partial charge is 0.0594 e. The predicted molar refractivity (Wildman–Crippen MR) is 66.6 cm³/mol. The molecule has 2 aliphatic heterocycles. The Morgan fingerprint density at radius 2 is 2.19 bits per heavy atom. The lowest BCUT2D eigenvalue weighted by molar-refractivity contribution is 0.0341. The first-order chi connectivity index (χ1) is 7.86. The third kappa shape index (κ3) is 3.72. The molecule has 2 saturated heterocycles. The zero-order valence-electron chi connectivity index (χ0n) is 10.6. The molecule has 0 aliphatic carbocycles. The van der Waals surface area contributed by atoms with E-state index >= 15 is 0 Å². The topological polar surface area (TPSA) is 24.5 Å². The Bertz CT molecular complexity index is 186. The molecular weight excluding hydrogens is 200 g/mol. The molecule has 3 heteroatoms. The minimum absolute atomic E-state index is 0.871. The lowest BCUT2D eigenvalue weighted by atomic mass is 9.85. The molecular formula is C13H26N2O. The first kappa shape index (κ1) is 12.3. The van der Waals surface area contributed by atoms with Crippen LogP contribution in [0.3, 0.4) is 0 Å². The van der Waals surface area contributed by atoms with Gasteiger partial charge in [-0.15, -0.1) is 0 Å². The molecule has 2 atom stereocenters. The second kappa shape index (κ2) is 6.58. The molecule has 1 N–H and O–H groups in total. The third-order valence-electron chi connectivity index (χ3n) is 4.14. The molecule has 94 valence electrons. The molecule has 0 amide bonds. The summed E-state index contributed by atoms with van der Waals surface area (Å²) in [5, 5.41) is 3.52. The molecule has 2 aliphatic rings. The van der Waals surface area contributed by atoms with E-state index in [9.17, 15) is 0 Å². The molecule has 0 radical (unpaired) electrons. The SMILES string of the molecule is CC(CCN1CCOCC1)C1CCCNC1. The number of morpholine rings is 1. The monoisotopic (exact) mass is 226 g/mol. The molecule has 3 nitrogen and oxygen atoms in total. The summed E-state index contributed by atoms with van der Waals surface area (Å²) < 4.78 is 5.37. The van der Waals surface area contributed by atoms with E-state index in [1.807, 2.05) is 0 Å². The zero-order valence-corrected chi connectivity index (χ0v) is 10.6. The Hall–Kier alpha value is -0.120. The Balaban J connectivity index is 1.63. The number of ether oxygens (including phenoxy) is 1. The summed E-state index contributed by atoms with van der Waals surface area (Å²) in [6, 6.07) is 0. The summed E-state index contributed by atoms with van der Waals surface area (Å²) >= 11 is 0. The third-order valence-corrected chi connectivity index (χ3v) is 4.14. The van der Waals surface area contributed by atoms with Crippen LogP contribution in [0.5, 0.6) is 0 Å². The van der Waals surface area contributed by atoms with Crippen LogP contribution >= 0.6 is 0 Å². The number of hydrogen-bond donors (Lipinski definition) is 1. The Kier molecular flexibility index (Phi) is 5.07. The zero-order chi connectivity index (χ0) is 11.2. The molecule has 2 unspecified atom stereocenters. The van der Waals surface area contributed by atoms with E-state index in [0.29, 0.717) is 0 Å². The van der Waals surface area contributed by atoms with E-state index in [2.05, 4.69) is 17.1 Å². The van der Waals surface area contributed by atoms with E-state index in [0.717, 1.165) is 38.1 Å². The molecule has 2 heterocycles. The summed E-state index contributed by atoms with van der Waals surface area (Å²) in [4.78, 5) is 2.55. The van der Waals surface area contributed by atoms with Crippen LogP contribution in [0.4, 0.5) is 0 Å². The molecule has 0 aromatic carbocycles.